The summed E-state index contributed by atoms with van der Waals surface area (Å²) in [6.45, 7) is 12.4. The molecule has 2 heteroatoms. The van der Waals surface area contributed by atoms with Gasteiger partial charge in [0.1, 0.15) is 0 Å². The van der Waals surface area contributed by atoms with E-state index in [2.05, 4.69) is 56.1 Å². The summed E-state index contributed by atoms with van der Waals surface area (Å²) in [5.41, 5.74) is 4.27. The highest BCUT2D eigenvalue weighted by Gasteiger charge is 2.23. The van der Waals surface area contributed by atoms with Crippen molar-refractivity contribution in [3.05, 3.63) is 29.3 Å². The van der Waals surface area contributed by atoms with Crippen LogP contribution >= 0.6 is 0 Å². The third-order valence-electron chi connectivity index (χ3n) is 4.02. The van der Waals surface area contributed by atoms with E-state index in [1.807, 2.05) is 0 Å². The van der Waals surface area contributed by atoms with Crippen LogP contribution in [-0.4, -0.2) is 25.7 Å². The number of hydrogen-bond donors (Lipinski definition) is 1. The van der Waals surface area contributed by atoms with Crippen molar-refractivity contribution in [3.8, 4) is 0 Å². The van der Waals surface area contributed by atoms with Gasteiger partial charge in [0, 0.05) is 24.8 Å². The summed E-state index contributed by atoms with van der Waals surface area (Å²) < 4.78 is 0. The highest BCUT2D eigenvalue weighted by molar-refractivity contribution is 5.56. The molecular weight excluding hydrogens is 220 g/mol. The number of benzene rings is 1. The molecule has 1 heterocycles. The largest absolute Gasteiger partial charge is 0.371 e. The molecule has 1 atom stereocenters. The van der Waals surface area contributed by atoms with Gasteiger partial charge in [-0.3, -0.25) is 0 Å². The van der Waals surface area contributed by atoms with Crippen molar-refractivity contribution < 1.29 is 0 Å². The fraction of sp³-hybridized carbons (Fsp3) is 0.625. The van der Waals surface area contributed by atoms with Crippen LogP contribution in [0.5, 0.6) is 0 Å². The highest BCUT2D eigenvalue weighted by atomic mass is 15.2. The van der Waals surface area contributed by atoms with Crippen molar-refractivity contribution in [1.82, 2.24) is 5.32 Å². The zero-order chi connectivity index (χ0) is 13.1. The maximum absolute atomic E-state index is 3.56. The molecule has 2 nitrogen and oxygen atoms in total. The standard InChI is InChI=1S/C16H26N2/c1-12(2)17-10-15-8-9-18(11-15)16-7-5-6-13(3)14(16)4/h5-7,12,15,17H,8-11H2,1-4H3. The van der Waals surface area contributed by atoms with E-state index in [0.717, 1.165) is 12.5 Å². The number of rotatable bonds is 4. The maximum atomic E-state index is 3.56. The van der Waals surface area contributed by atoms with Gasteiger partial charge in [-0.2, -0.15) is 0 Å². The third-order valence-corrected chi connectivity index (χ3v) is 4.02. The SMILES string of the molecule is Cc1cccc(N2CCC(CNC(C)C)C2)c1C. The van der Waals surface area contributed by atoms with Crippen molar-refractivity contribution >= 4 is 5.69 Å². The molecule has 1 saturated heterocycles. The van der Waals surface area contributed by atoms with Crippen molar-refractivity contribution in [2.45, 2.75) is 40.2 Å². The second-order valence-electron chi connectivity index (χ2n) is 5.88. The number of nitrogens with one attached hydrogen (secondary N) is 1. The lowest BCUT2D eigenvalue weighted by Crippen LogP contribution is -2.30. The summed E-state index contributed by atoms with van der Waals surface area (Å²) in [5, 5.41) is 3.56. The van der Waals surface area contributed by atoms with Crippen LogP contribution in [0.3, 0.4) is 0 Å². The second kappa shape index (κ2) is 5.75. The monoisotopic (exact) mass is 246 g/mol. The molecule has 1 aromatic carbocycles. The normalized spacial score (nSPS) is 19.8. The van der Waals surface area contributed by atoms with Crippen LogP contribution in [0.4, 0.5) is 5.69 Å². The summed E-state index contributed by atoms with van der Waals surface area (Å²) in [5.74, 6) is 0.798. The summed E-state index contributed by atoms with van der Waals surface area (Å²) in [7, 11) is 0. The minimum atomic E-state index is 0.597. The Kier molecular flexibility index (Phi) is 4.28. The molecule has 18 heavy (non-hydrogen) atoms. The molecular formula is C16H26N2. The van der Waals surface area contributed by atoms with Crippen molar-refractivity contribution in [3.63, 3.8) is 0 Å². The Bertz CT molecular complexity index is 398. The molecule has 1 fully saturated rings. The number of anilines is 1. The lowest BCUT2D eigenvalue weighted by molar-refractivity contribution is 0.480. The van der Waals surface area contributed by atoms with Crippen molar-refractivity contribution in [1.29, 1.82) is 0 Å². The minimum Gasteiger partial charge on any atom is -0.371 e. The average Bonchev–Trinajstić information content (AvgIpc) is 2.78. The molecule has 0 radical (unpaired) electrons. The summed E-state index contributed by atoms with van der Waals surface area (Å²) in [6.07, 6.45) is 1.31. The molecule has 100 valence electrons. The zero-order valence-electron chi connectivity index (χ0n) is 12.2. The number of hydrogen-bond acceptors (Lipinski definition) is 2. The Morgan fingerprint density at radius 2 is 2.11 bits per heavy atom. The lowest BCUT2D eigenvalue weighted by Gasteiger charge is -2.22. The molecule has 2 rings (SSSR count). The van der Waals surface area contributed by atoms with E-state index < -0.39 is 0 Å². The Morgan fingerprint density at radius 1 is 1.33 bits per heavy atom. The molecule has 0 bridgehead atoms. The van der Waals surface area contributed by atoms with Crippen molar-refractivity contribution in [2.75, 3.05) is 24.5 Å². The van der Waals surface area contributed by atoms with Gasteiger partial charge in [0.05, 0.1) is 0 Å². The van der Waals surface area contributed by atoms with Gasteiger partial charge < -0.3 is 10.2 Å². The number of nitrogens with zero attached hydrogens (tertiary/aromatic N) is 1. The van der Waals surface area contributed by atoms with Crippen LogP contribution in [-0.2, 0) is 0 Å². The average molecular weight is 246 g/mol. The molecule has 1 aliphatic heterocycles. The second-order valence-corrected chi connectivity index (χ2v) is 5.88. The van der Waals surface area contributed by atoms with Gasteiger partial charge in [0.25, 0.3) is 0 Å². The first-order chi connectivity index (χ1) is 8.58. The Balaban J connectivity index is 1.98. The van der Waals surface area contributed by atoms with Crippen LogP contribution in [0, 0.1) is 19.8 Å². The van der Waals surface area contributed by atoms with Crippen molar-refractivity contribution in [2.24, 2.45) is 5.92 Å². The molecule has 0 aliphatic carbocycles. The molecule has 0 spiro atoms. The van der Waals surface area contributed by atoms with Gasteiger partial charge in [-0.25, -0.2) is 0 Å². The van der Waals surface area contributed by atoms with E-state index in [-0.39, 0.29) is 0 Å². The predicted octanol–water partition coefficient (Wildman–Crippen LogP) is 3.13. The molecule has 1 N–H and O–H groups in total. The Morgan fingerprint density at radius 3 is 2.83 bits per heavy atom. The molecule has 1 aromatic rings. The first-order valence-electron chi connectivity index (χ1n) is 7.12. The van der Waals surface area contributed by atoms with Crippen LogP contribution in [0.15, 0.2) is 18.2 Å². The highest BCUT2D eigenvalue weighted by Crippen LogP contribution is 2.28. The van der Waals surface area contributed by atoms with Gasteiger partial charge in [-0.15, -0.1) is 0 Å². The van der Waals surface area contributed by atoms with Crippen LogP contribution in [0.1, 0.15) is 31.4 Å². The van der Waals surface area contributed by atoms with Crippen LogP contribution in [0.25, 0.3) is 0 Å². The van der Waals surface area contributed by atoms with E-state index in [4.69, 9.17) is 0 Å². The van der Waals surface area contributed by atoms with Crippen LogP contribution < -0.4 is 10.2 Å². The predicted molar refractivity (Wildman–Crippen MR) is 79.4 cm³/mol. The van der Waals surface area contributed by atoms with Gasteiger partial charge >= 0.3 is 0 Å². The van der Waals surface area contributed by atoms with E-state index in [1.165, 1.54) is 36.3 Å². The molecule has 1 unspecified atom stereocenters. The lowest BCUT2D eigenvalue weighted by atomic mass is 10.1. The van der Waals surface area contributed by atoms with E-state index in [0.29, 0.717) is 6.04 Å². The smallest absolute Gasteiger partial charge is 0.0398 e. The van der Waals surface area contributed by atoms with Crippen LogP contribution in [0.2, 0.25) is 0 Å². The fourth-order valence-corrected chi connectivity index (χ4v) is 2.70. The first-order valence-corrected chi connectivity index (χ1v) is 7.12. The molecule has 0 amide bonds. The quantitative estimate of drug-likeness (QED) is 0.878. The van der Waals surface area contributed by atoms with E-state index >= 15 is 0 Å². The van der Waals surface area contributed by atoms with E-state index in [1.54, 1.807) is 0 Å². The summed E-state index contributed by atoms with van der Waals surface area (Å²) >= 11 is 0. The number of aryl methyl sites for hydroxylation is 1. The van der Waals surface area contributed by atoms with Gasteiger partial charge in [0.15, 0.2) is 0 Å². The maximum Gasteiger partial charge on any atom is 0.0398 e. The summed E-state index contributed by atoms with van der Waals surface area (Å²) in [4.78, 5) is 2.55. The topological polar surface area (TPSA) is 15.3 Å². The zero-order valence-corrected chi connectivity index (χ0v) is 12.2. The molecule has 1 aliphatic rings. The summed E-state index contributed by atoms with van der Waals surface area (Å²) in [6, 6.07) is 7.24. The molecule has 0 aromatic heterocycles. The minimum absolute atomic E-state index is 0.597. The van der Waals surface area contributed by atoms with E-state index in [9.17, 15) is 0 Å². The van der Waals surface area contributed by atoms with Gasteiger partial charge in [-0.05, 0) is 49.9 Å². The molecule has 0 saturated carbocycles. The fourth-order valence-electron chi connectivity index (χ4n) is 2.70. The Hall–Kier alpha value is -1.02. The van der Waals surface area contributed by atoms with Gasteiger partial charge in [-0.1, -0.05) is 26.0 Å². The van der Waals surface area contributed by atoms with Gasteiger partial charge in [0.2, 0.25) is 0 Å². The first kappa shape index (κ1) is 13.4. The Labute approximate surface area is 111 Å². The third kappa shape index (κ3) is 3.05.